The minimum absolute atomic E-state index is 0.0400. The summed E-state index contributed by atoms with van der Waals surface area (Å²) in [6, 6.07) is 12.3. The van der Waals surface area contributed by atoms with Gasteiger partial charge in [0.15, 0.2) is 15.9 Å². The zero-order chi connectivity index (χ0) is 23.9. The van der Waals surface area contributed by atoms with Crippen molar-refractivity contribution in [3.05, 3.63) is 95.3 Å². The molecule has 4 rings (SSSR count). The van der Waals surface area contributed by atoms with Crippen molar-refractivity contribution >= 4 is 38.8 Å². The van der Waals surface area contributed by atoms with Crippen molar-refractivity contribution in [3.63, 3.8) is 0 Å². The summed E-state index contributed by atoms with van der Waals surface area (Å²) in [4.78, 5) is 52.5. The standard InChI is InChI=1S/C21H16BrN5O6/c1-24-17-16(18(28)25(2)21(24)30)26(20(22)23-17)11-12-8-9-15(14(10-12)27(31)32)33-19(29)13-6-4-3-5-7-13/h3-10H,11H2,1-2H3. The highest BCUT2D eigenvalue weighted by Crippen LogP contribution is 2.30. The van der Waals surface area contributed by atoms with Crippen molar-refractivity contribution in [2.45, 2.75) is 6.54 Å². The summed E-state index contributed by atoms with van der Waals surface area (Å²) in [7, 11) is 2.85. The van der Waals surface area contributed by atoms with Gasteiger partial charge in [0, 0.05) is 20.2 Å². The first-order valence-electron chi connectivity index (χ1n) is 9.55. The number of imidazole rings is 1. The maximum Gasteiger partial charge on any atom is 0.343 e. The Morgan fingerprint density at radius 3 is 2.48 bits per heavy atom. The van der Waals surface area contributed by atoms with E-state index in [1.165, 1.54) is 47.5 Å². The Balaban J connectivity index is 1.74. The molecule has 2 aromatic carbocycles. The number of benzene rings is 2. The van der Waals surface area contributed by atoms with E-state index in [0.717, 1.165) is 4.57 Å². The Morgan fingerprint density at radius 2 is 1.82 bits per heavy atom. The van der Waals surface area contributed by atoms with Gasteiger partial charge < -0.3 is 9.30 Å². The number of nitro groups is 1. The van der Waals surface area contributed by atoms with Crippen LogP contribution >= 0.6 is 15.9 Å². The van der Waals surface area contributed by atoms with Crippen LogP contribution in [0.25, 0.3) is 11.2 Å². The maximum atomic E-state index is 12.7. The fourth-order valence-electron chi connectivity index (χ4n) is 3.37. The van der Waals surface area contributed by atoms with Gasteiger partial charge in [-0.25, -0.2) is 14.6 Å². The quantitative estimate of drug-likeness (QED) is 0.131. The van der Waals surface area contributed by atoms with Gasteiger partial charge in [-0.05, 0) is 39.7 Å². The molecule has 0 spiro atoms. The highest BCUT2D eigenvalue weighted by atomic mass is 79.9. The second-order valence-electron chi connectivity index (χ2n) is 7.16. The minimum atomic E-state index is -0.723. The van der Waals surface area contributed by atoms with E-state index in [0.29, 0.717) is 5.56 Å². The molecule has 4 aromatic rings. The van der Waals surface area contributed by atoms with Crippen LogP contribution in [0.3, 0.4) is 0 Å². The Bertz CT molecular complexity index is 1540. The molecule has 0 bridgehead atoms. The van der Waals surface area contributed by atoms with Crippen LogP contribution < -0.4 is 16.0 Å². The van der Waals surface area contributed by atoms with Gasteiger partial charge in [-0.2, -0.15) is 0 Å². The first kappa shape index (κ1) is 22.1. The van der Waals surface area contributed by atoms with Crippen LogP contribution in [-0.2, 0) is 20.6 Å². The monoisotopic (exact) mass is 513 g/mol. The number of nitrogens with zero attached hydrogens (tertiary/aromatic N) is 5. The molecule has 0 amide bonds. The average molecular weight is 514 g/mol. The van der Waals surface area contributed by atoms with Crippen molar-refractivity contribution in [3.8, 4) is 5.75 Å². The van der Waals surface area contributed by atoms with E-state index in [-0.39, 0.29) is 33.8 Å². The lowest BCUT2D eigenvalue weighted by molar-refractivity contribution is -0.385. The number of carbonyl (C=O) groups excluding carboxylic acids is 1. The van der Waals surface area contributed by atoms with Crippen molar-refractivity contribution in [1.29, 1.82) is 0 Å². The van der Waals surface area contributed by atoms with Crippen molar-refractivity contribution < 1.29 is 14.5 Å². The normalized spacial score (nSPS) is 11.0. The zero-order valence-corrected chi connectivity index (χ0v) is 19.0. The van der Waals surface area contributed by atoms with E-state index >= 15 is 0 Å². The SMILES string of the molecule is Cn1c(=O)c2c(nc(Br)n2Cc2ccc(OC(=O)c3ccccc3)c([N+](=O)[O-])c2)n(C)c1=O. The van der Waals surface area contributed by atoms with Crippen molar-refractivity contribution in [1.82, 2.24) is 18.7 Å². The molecule has 0 saturated carbocycles. The molecule has 0 aliphatic rings. The second kappa shape index (κ2) is 8.47. The zero-order valence-electron chi connectivity index (χ0n) is 17.4. The van der Waals surface area contributed by atoms with Crippen LogP contribution in [0.4, 0.5) is 5.69 Å². The Hall–Kier alpha value is -4.06. The number of hydrogen-bond acceptors (Lipinski definition) is 7. The molecule has 2 aromatic heterocycles. The number of carbonyl (C=O) groups is 1. The van der Waals surface area contributed by atoms with Crippen molar-refractivity contribution in [2.75, 3.05) is 0 Å². The summed E-state index contributed by atoms with van der Waals surface area (Å²) in [5.41, 5.74) is -0.424. The third kappa shape index (κ3) is 3.96. The fraction of sp³-hybridized carbons (Fsp3) is 0.143. The number of aryl methyl sites for hydroxylation is 1. The fourth-order valence-corrected chi connectivity index (χ4v) is 3.84. The van der Waals surface area contributed by atoms with Crippen LogP contribution in [0.15, 0.2) is 62.9 Å². The number of hydrogen-bond donors (Lipinski definition) is 0. The molecule has 33 heavy (non-hydrogen) atoms. The third-order valence-electron chi connectivity index (χ3n) is 5.07. The molecule has 0 atom stereocenters. The van der Waals surface area contributed by atoms with Crippen LogP contribution in [0, 0.1) is 10.1 Å². The molecular formula is C21H16BrN5O6. The molecule has 168 valence electrons. The number of rotatable bonds is 5. The van der Waals surface area contributed by atoms with Crippen LogP contribution in [-0.4, -0.2) is 29.6 Å². The van der Waals surface area contributed by atoms with Gasteiger partial charge >= 0.3 is 17.3 Å². The number of fused-ring (bicyclic) bond motifs is 1. The molecule has 0 radical (unpaired) electrons. The topological polar surface area (TPSA) is 131 Å². The van der Waals surface area contributed by atoms with E-state index in [1.54, 1.807) is 24.3 Å². The lowest BCUT2D eigenvalue weighted by Crippen LogP contribution is -2.37. The van der Waals surface area contributed by atoms with Gasteiger partial charge in [-0.1, -0.05) is 24.3 Å². The summed E-state index contributed by atoms with van der Waals surface area (Å²) in [6.07, 6.45) is 0. The van der Waals surface area contributed by atoms with E-state index in [2.05, 4.69) is 20.9 Å². The molecule has 0 saturated heterocycles. The molecular weight excluding hydrogens is 498 g/mol. The van der Waals surface area contributed by atoms with Gasteiger partial charge in [0.05, 0.1) is 17.0 Å². The average Bonchev–Trinajstić information content (AvgIpc) is 3.13. The third-order valence-corrected chi connectivity index (χ3v) is 5.68. The number of nitro benzene ring substituents is 1. The van der Waals surface area contributed by atoms with Crippen LogP contribution in [0.5, 0.6) is 5.75 Å². The smallest absolute Gasteiger partial charge is 0.343 e. The van der Waals surface area contributed by atoms with Crippen LogP contribution in [0.1, 0.15) is 15.9 Å². The van der Waals surface area contributed by atoms with E-state index in [4.69, 9.17) is 4.74 Å². The molecule has 0 aliphatic carbocycles. The number of aromatic nitrogens is 4. The van der Waals surface area contributed by atoms with Gasteiger partial charge in [0.1, 0.15) is 0 Å². The van der Waals surface area contributed by atoms with E-state index in [1.807, 2.05) is 0 Å². The summed E-state index contributed by atoms with van der Waals surface area (Å²) >= 11 is 3.29. The van der Waals surface area contributed by atoms with Gasteiger partial charge in [0.2, 0.25) is 5.75 Å². The summed E-state index contributed by atoms with van der Waals surface area (Å²) in [5.74, 6) is -0.926. The predicted molar refractivity (Wildman–Crippen MR) is 122 cm³/mol. The molecule has 0 fully saturated rings. The van der Waals surface area contributed by atoms with Crippen LogP contribution in [0.2, 0.25) is 0 Å². The Kier molecular flexibility index (Phi) is 5.68. The minimum Gasteiger partial charge on any atom is -0.416 e. The van der Waals surface area contributed by atoms with E-state index in [9.17, 15) is 24.5 Å². The first-order valence-corrected chi connectivity index (χ1v) is 10.3. The first-order chi connectivity index (χ1) is 15.7. The van der Waals surface area contributed by atoms with Gasteiger partial charge in [0.25, 0.3) is 5.56 Å². The number of halogens is 1. The largest absolute Gasteiger partial charge is 0.416 e. The highest BCUT2D eigenvalue weighted by molar-refractivity contribution is 9.10. The van der Waals surface area contributed by atoms with Gasteiger partial charge in [-0.3, -0.25) is 24.0 Å². The molecule has 0 aliphatic heterocycles. The lowest BCUT2D eigenvalue weighted by atomic mass is 10.1. The van der Waals surface area contributed by atoms with E-state index < -0.39 is 27.8 Å². The summed E-state index contributed by atoms with van der Waals surface area (Å²) in [5, 5.41) is 11.6. The molecule has 0 N–H and O–H groups in total. The lowest BCUT2D eigenvalue weighted by Gasteiger charge is -2.10. The number of ether oxygens (including phenoxy) is 1. The molecule has 0 unspecified atom stereocenters. The molecule has 11 nitrogen and oxygen atoms in total. The summed E-state index contributed by atoms with van der Waals surface area (Å²) < 4.78 is 9.22. The highest BCUT2D eigenvalue weighted by Gasteiger charge is 2.22. The number of esters is 1. The molecule has 12 heteroatoms. The molecule has 2 heterocycles. The summed E-state index contributed by atoms with van der Waals surface area (Å²) in [6.45, 7) is 0.0400. The van der Waals surface area contributed by atoms with Crippen molar-refractivity contribution in [2.24, 2.45) is 14.1 Å². The maximum absolute atomic E-state index is 12.7. The van der Waals surface area contributed by atoms with Gasteiger partial charge in [-0.15, -0.1) is 0 Å². The Labute approximate surface area is 193 Å². The predicted octanol–water partition coefficient (Wildman–Crippen LogP) is 2.37. The second-order valence-corrected chi connectivity index (χ2v) is 7.87. The Morgan fingerprint density at radius 1 is 1.12 bits per heavy atom.